The zero-order valence-corrected chi connectivity index (χ0v) is 10.6. The van der Waals surface area contributed by atoms with Gasteiger partial charge in [0.25, 0.3) is 5.91 Å². The maximum atomic E-state index is 11.9. The van der Waals surface area contributed by atoms with Gasteiger partial charge in [-0.25, -0.2) is 0 Å². The van der Waals surface area contributed by atoms with E-state index in [1.807, 2.05) is 0 Å². The minimum atomic E-state index is -0.900. The number of carboxylic acid groups (broad SMARTS) is 1. The highest BCUT2D eigenvalue weighted by Gasteiger charge is 2.41. The van der Waals surface area contributed by atoms with Crippen LogP contribution in [0.5, 0.6) is 0 Å². The fraction of sp³-hybridized carbons (Fsp3) is 0.455. The molecular formula is C11H12BrNO4. The van der Waals surface area contributed by atoms with E-state index in [9.17, 15) is 9.59 Å². The van der Waals surface area contributed by atoms with Crippen LogP contribution in [-0.4, -0.2) is 22.5 Å². The van der Waals surface area contributed by atoms with Crippen molar-refractivity contribution in [3.8, 4) is 0 Å². The number of hydrogen-bond acceptors (Lipinski definition) is 3. The molecule has 1 aromatic heterocycles. The van der Waals surface area contributed by atoms with E-state index in [0.29, 0.717) is 17.3 Å². The Labute approximate surface area is 106 Å². The van der Waals surface area contributed by atoms with Crippen LogP contribution in [0.15, 0.2) is 21.2 Å². The summed E-state index contributed by atoms with van der Waals surface area (Å²) in [6, 6.07) is 1.62. The summed E-state index contributed by atoms with van der Waals surface area (Å²) in [6.07, 6.45) is 3.69. The fourth-order valence-corrected chi connectivity index (χ4v) is 2.37. The summed E-state index contributed by atoms with van der Waals surface area (Å²) in [6.45, 7) is 0. The van der Waals surface area contributed by atoms with Gasteiger partial charge >= 0.3 is 5.97 Å². The summed E-state index contributed by atoms with van der Waals surface area (Å²) in [5, 5.41) is 11.6. The third-order valence-electron chi connectivity index (χ3n) is 3.00. The average Bonchev–Trinajstić information content (AvgIpc) is 2.60. The van der Waals surface area contributed by atoms with Gasteiger partial charge in [0.15, 0.2) is 0 Å². The number of halogens is 1. The van der Waals surface area contributed by atoms with Crippen molar-refractivity contribution in [3.05, 3.63) is 22.6 Å². The first-order valence-corrected chi connectivity index (χ1v) is 6.09. The van der Waals surface area contributed by atoms with Crippen LogP contribution in [-0.2, 0) is 4.79 Å². The largest absolute Gasteiger partial charge is 0.481 e. The van der Waals surface area contributed by atoms with Crippen molar-refractivity contribution in [2.24, 2.45) is 0 Å². The molecule has 0 spiro atoms. The number of carbonyl (C=O) groups excluding carboxylic acids is 1. The predicted molar refractivity (Wildman–Crippen MR) is 62.7 cm³/mol. The maximum Gasteiger partial charge on any atom is 0.305 e. The zero-order valence-electron chi connectivity index (χ0n) is 9.03. The summed E-state index contributed by atoms with van der Waals surface area (Å²) in [5.41, 5.74) is -0.602. The molecule has 1 amide bonds. The quantitative estimate of drug-likeness (QED) is 0.893. The van der Waals surface area contributed by atoms with Crippen LogP contribution >= 0.6 is 15.9 Å². The highest BCUT2D eigenvalue weighted by atomic mass is 79.9. The fourth-order valence-electron chi connectivity index (χ4n) is 1.99. The first kappa shape index (κ1) is 12.2. The second-order valence-electron chi connectivity index (χ2n) is 4.26. The normalized spacial score (nSPS) is 17.2. The van der Waals surface area contributed by atoms with E-state index in [2.05, 4.69) is 21.2 Å². The van der Waals surface area contributed by atoms with Gasteiger partial charge in [0.2, 0.25) is 5.76 Å². The lowest BCUT2D eigenvalue weighted by Crippen LogP contribution is -2.54. The van der Waals surface area contributed by atoms with Crippen LogP contribution in [0.3, 0.4) is 0 Å². The minimum absolute atomic E-state index is 0.0446. The topological polar surface area (TPSA) is 79.5 Å². The van der Waals surface area contributed by atoms with E-state index in [1.165, 1.54) is 6.26 Å². The van der Waals surface area contributed by atoms with Crippen molar-refractivity contribution >= 4 is 27.8 Å². The molecule has 0 aliphatic heterocycles. The van der Waals surface area contributed by atoms with Gasteiger partial charge in [0.05, 0.1) is 22.7 Å². The Kier molecular flexibility index (Phi) is 3.24. The molecule has 17 heavy (non-hydrogen) atoms. The lowest BCUT2D eigenvalue weighted by molar-refractivity contribution is -0.139. The molecule has 1 aromatic rings. The average molecular weight is 302 g/mol. The standard InChI is InChI=1S/C11H12BrNO4/c12-7-2-5-17-9(7)10(16)13-11(3-1-4-11)6-8(14)15/h2,5H,1,3-4,6H2,(H,13,16)(H,14,15). The molecule has 6 heteroatoms. The second kappa shape index (κ2) is 4.52. The van der Waals surface area contributed by atoms with Gasteiger partial charge < -0.3 is 14.8 Å². The molecule has 0 saturated heterocycles. The van der Waals surface area contributed by atoms with E-state index in [-0.39, 0.29) is 18.1 Å². The molecule has 0 atom stereocenters. The van der Waals surface area contributed by atoms with E-state index >= 15 is 0 Å². The third kappa shape index (κ3) is 2.52. The number of nitrogens with one attached hydrogen (secondary N) is 1. The molecule has 0 unspecified atom stereocenters. The zero-order chi connectivity index (χ0) is 12.5. The highest BCUT2D eigenvalue weighted by molar-refractivity contribution is 9.10. The van der Waals surface area contributed by atoms with Crippen LogP contribution in [0.2, 0.25) is 0 Å². The monoisotopic (exact) mass is 301 g/mol. The number of rotatable bonds is 4. The van der Waals surface area contributed by atoms with Crippen molar-refractivity contribution in [1.29, 1.82) is 0 Å². The SMILES string of the molecule is O=C(O)CC1(NC(=O)c2occc2Br)CCC1. The smallest absolute Gasteiger partial charge is 0.305 e. The summed E-state index contributed by atoms with van der Waals surface area (Å²) in [7, 11) is 0. The second-order valence-corrected chi connectivity index (χ2v) is 5.11. The molecule has 5 nitrogen and oxygen atoms in total. The molecule has 1 saturated carbocycles. The molecule has 2 rings (SSSR count). The van der Waals surface area contributed by atoms with Crippen LogP contribution in [0.25, 0.3) is 0 Å². The molecule has 0 bridgehead atoms. The molecule has 1 heterocycles. The molecule has 1 aliphatic rings. The molecule has 0 radical (unpaired) electrons. The van der Waals surface area contributed by atoms with Gasteiger partial charge in [0.1, 0.15) is 0 Å². The van der Waals surface area contributed by atoms with Crippen LogP contribution < -0.4 is 5.32 Å². The van der Waals surface area contributed by atoms with Gasteiger partial charge in [-0.15, -0.1) is 0 Å². The first-order chi connectivity index (χ1) is 8.02. The Morgan fingerprint density at radius 3 is 2.65 bits per heavy atom. The Bertz CT molecular complexity index is 450. The lowest BCUT2D eigenvalue weighted by atomic mass is 9.74. The van der Waals surface area contributed by atoms with Crippen molar-refractivity contribution in [3.63, 3.8) is 0 Å². The predicted octanol–water partition coefficient (Wildman–Crippen LogP) is 2.17. The van der Waals surface area contributed by atoms with Crippen molar-refractivity contribution in [2.45, 2.75) is 31.2 Å². The van der Waals surface area contributed by atoms with Gasteiger partial charge in [-0.1, -0.05) is 0 Å². The number of hydrogen-bond donors (Lipinski definition) is 2. The van der Waals surface area contributed by atoms with Crippen LogP contribution in [0.1, 0.15) is 36.2 Å². The number of furan rings is 1. The van der Waals surface area contributed by atoms with E-state index in [4.69, 9.17) is 9.52 Å². The molecule has 1 aliphatic carbocycles. The van der Waals surface area contributed by atoms with E-state index in [0.717, 1.165) is 6.42 Å². The molecular weight excluding hydrogens is 290 g/mol. The van der Waals surface area contributed by atoms with Crippen LogP contribution in [0, 0.1) is 0 Å². The van der Waals surface area contributed by atoms with E-state index in [1.54, 1.807) is 6.07 Å². The number of aliphatic carboxylic acids is 1. The summed E-state index contributed by atoms with van der Waals surface area (Å²) >= 11 is 3.19. The summed E-state index contributed by atoms with van der Waals surface area (Å²) in [5.74, 6) is -1.09. The van der Waals surface area contributed by atoms with Gasteiger partial charge in [-0.2, -0.15) is 0 Å². The summed E-state index contributed by atoms with van der Waals surface area (Å²) in [4.78, 5) is 22.6. The van der Waals surface area contributed by atoms with Crippen molar-refractivity contribution in [2.75, 3.05) is 0 Å². The Hall–Kier alpha value is -1.30. The number of carbonyl (C=O) groups is 2. The molecule has 2 N–H and O–H groups in total. The Morgan fingerprint density at radius 2 is 2.24 bits per heavy atom. The first-order valence-electron chi connectivity index (χ1n) is 5.30. The Morgan fingerprint density at radius 1 is 1.53 bits per heavy atom. The van der Waals surface area contributed by atoms with Crippen LogP contribution in [0.4, 0.5) is 0 Å². The van der Waals surface area contributed by atoms with Crippen molar-refractivity contribution < 1.29 is 19.1 Å². The van der Waals surface area contributed by atoms with Gasteiger partial charge in [0, 0.05) is 0 Å². The maximum absolute atomic E-state index is 11.9. The molecule has 0 aromatic carbocycles. The number of carboxylic acids is 1. The highest BCUT2D eigenvalue weighted by Crippen LogP contribution is 2.35. The van der Waals surface area contributed by atoms with Gasteiger partial charge in [-0.05, 0) is 41.3 Å². The Balaban J connectivity index is 2.07. The number of amides is 1. The molecule has 1 fully saturated rings. The minimum Gasteiger partial charge on any atom is -0.481 e. The lowest BCUT2D eigenvalue weighted by Gasteiger charge is -2.41. The van der Waals surface area contributed by atoms with Crippen molar-refractivity contribution in [1.82, 2.24) is 5.32 Å². The van der Waals surface area contributed by atoms with Gasteiger partial charge in [-0.3, -0.25) is 9.59 Å². The molecule has 92 valence electrons. The summed E-state index contributed by atoms with van der Waals surface area (Å²) < 4.78 is 5.61. The third-order valence-corrected chi connectivity index (χ3v) is 3.63. The van der Waals surface area contributed by atoms with E-state index < -0.39 is 11.5 Å².